The molecule has 1 fully saturated rings. The SMILES string of the molecule is COc1cc(/C=C/C(=O)C2CCC/C(=C\c3ccc(OCC[NH3+])c(OC)c3)C2=O)ccc1OCC[NH3+]. The highest BCUT2D eigenvalue weighted by molar-refractivity contribution is 6.16. The highest BCUT2D eigenvalue weighted by Crippen LogP contribution is 2.32. The van der Waals surface area contributed by atoms with Crippen molar-refractivity contribution in [2.45, 2.75) is 19.3 Å². The van der Waals surface area contributed by atoms with E-state index in [1.807, 2.05) is 30.3 Å². The van der Waals surface area contributed by atoms with Crippen LogP contribution in [0.2, 0.25) is 0 Å². The van der Waals surface area contributed by atoms with Crippen molar-refractivity contribution in [1.82, 2.24) is 0 Å². The molecule has 2 aromatic carbocycles. The maximum Gasteiger partial charge on any atom is 0.169 e. The van der Waals surface area contributed by atoms with Crippen molar-refractivity contribution < 1.29 is 40.0 Å². The summed E-state index contributed by atoms with van der Waals surface area (Å²) in [6.07, 6.45) is 6.98. The van der Waals surface area contributed by atoms with E-state index < -0.39 is 5.92 Å². The van der Waals surface area contributed by atoms with Gasteiger partial charge >= 0.3 is 0 Å². The quantitative estimate of drug-likeness (QED) is 0.342. The number of ketones is 2. The van der Waals surface area contributed by atoms with Crippen LogP contribution in [0.15, 0.2) is 48.0 Å². The Hall–Kier alpha value is -3.62. The van der Waals surface area contributed by atoms with Crippen molar-refractivity contribution in [2.24, 2.45) is 5.92 Å². The molecule has 0 amide bonds. The van der Waals surface area contributed by atoms with Gasteiger partial charge in [-0.15, -0.1) is 0 Å². The van der Waals surface area contributed by atoms with E-state index in [4.69, 9.17) is 18.9 Å². The maximum atomic E-state index is 13.2. The van der Waals surface area contributed by atoms with Gasteiger partial charge in [0.15, 0.2) is 34.6 Å². The summed E-state index contributed by atoms with van der Waals surface area (Å²) in [5.41, 5.74) is 9.80. The minimum atomic E-state index is -0.677. The zero-order valence-electron chi connectivity index (χ0n) is 21.1. The summed E-state index contributed by atoms with van der Waals surface area (Å²) in [6.45, 7) is 2.28. The standard InChI is InChI=1S/C28H34N2O6/c1-33-26-17-19(7-10-24(26)35-14-12-29)6-9-23(31)22-5-3-4-21(28(22)32)16-20-8-11-25(36-15-13-30)27(18-20)34-2/h6-11,16-18,22H,3-5,12-15,29-30H2,1-2H3/p+2/b9-6+,21-16+. The lowest BCUT2D eigenvalue weighted by Gasteiger charge is -2.21. The molecule has 8 heteroatoms. The molecule has 6 N–H and O–H groups in total. The molecule has 0 aromatic heterocycles. The first-order valence-corrected chi connectivity index (χ1v) is 12.2. The van der Waals surface area contributed by atoms with E-state index in [2.05, 4.69) is 11.5 Å². The zero-order chi connectivity index (χ0) is 25.9. The van der Waals surface area contributed by atoms with Gasteiger partial charge in [0.05, 0.1) is 20.1 Å². The molecule has 1 unspecified atom stereocenters. The molecule has 0 spiro atoms. The normalized spacial score (nSPS) is 16.8. The highest BCUT2D eigenvalue weighted by atomic mass is 16.5. The van der Waals surface area contributed by atoms with E-state index in [-0.39, 0.29) is 11.6 Å². The summed E-state index contributed by atoms with van der Waals surface area (Å²) in [7, 11) is 3.15. The van der Waals surface area contributed by atoms with Gasteiger partial charge in [0.25, 0.3) is 0 Å². The number of ether oxygens (including phenoxy) is 4. The van der Waals surface area contributed by atoms with E-state index in [1.54, 1.807) is 32.4 Å². The van der Waals surface area contributed by atoms with Crippen molar-refractivity contribution in [3.8, 4) is 23.0 Å². The van der Waals surface area contributed by atoms with Crippen molar-refractivity contribution in [3.63, 3.8) is 0 Å². The van der Waals surface area contributed by atoms with E-state index in [0.29, 0.717) is 67.7 Å². The fraction of sp³-hybridized carbons (Fsp3) is 0.357. The summed E-state index contributed by atoms with van der Waals surface area (Å²) in [5, 5.41) is 0. The van der Waals surface area contributed by atoms with Gasteiger partial charge in [-0.2, -0.15) is 0 Å². The number of Topliss-reactive ketones (excluding diaryl/α,β-unsaturated/α-hetero) is 1. The lowest BCUT2D eigenvalue weighted by molar-refractivity contribution is -0.371. The Bertz CT molecular complexity index is 1130. The Morgan fingerprint density at radius 3 is 2.08 bits per heavy atom. The number of hydrogen-bond donors (Lipinski definition) is 2. The first-order valence-electron chi connectivity index (χ1n) is 12.2. The third-order valence-corrected chi connectivity index (χ3v) is 5.88. The number of quaternary nitrogens is 2. The second-order valence-corrected chi connectivity index (χ2v) is 8.44. The lowest BCUT2D eigenvalue weighted by atomic mass is 9.81. The highest BCUT2D eigenvalue weighted by Gasteiger charge is 2.30. The van der Waals surface area contributed by atoms with Crippen LogP contribution >= 0.6 is 0 Å². The van der Waals surface area contributed by atoms with E-state index >= 15 is 0 Å². The van der Waals surface area contributed by atoms with Crippen LogP contribution in [0.25, 0.3) is 12.2 Å². The van der Waals surface area contributed by atoms with Gasteiger partial charge in [0.2, 0.25) is 0 Å². The van der Waals surface area contributed by atoms with Gasteiger partial charge in [-0.3, -0.25) is 9.59 Å². The van der Waals surface area contributed by atoms with Gasteiger partial charge in [-0.05, 0) is 72.4 Å². The Morgan fingerprint density at radius 2 is 1.50 bits per heavy atom. The first-order chi connectivity index (χ1) is 17.5. The molecule has 0 bridgehead atoms. The Balaban J connectivity index is 1.72. The van der Waals surface area contributed by atoms with Crippen LogP contribution in [0.4, 0.5) is 0 Å². The number of hydrogen-bond acceptors (Lipinski definition) is 6. The van der Waals surface area contributed by atoms with E-state index in [1.165, 1.54) is 6.08 Å². The third-order valence-electron chi connectivity index (χ3n) is 5.88. The number of carbonyl (C=O) groups is 2. The van der Waals surface area contributed by atoms with Crippen LogP contribution in [0.1, 0.15) is 30.4 Å². The van der Waals surface area contributed by atoms with E-state index in [9.17, 15) is 9.59 Å². The molecule has 36 heavy (non-hydrogen) atoms. The Morgan fingerprint density at radius 1 is 0.917 bits per heavy atom. The van der Waals surface area contributed by atoms with Gasteiger partial charge in [-0.1, -0.05) is 18.2 Å². The van der Waals surface area contributed by atoms with Gasteiger partial charge in [-0.25, -0.2) is 0 Å². The number of methoxy groups -OCH3 is 2. The molecule has 0 saturated heterocycles. The molecule has 1 saturated carbocycles. The number of carbonyl (C=O) groups excluding carboxylic acids is 2. The third kappa shape index (κ3) is 6.96. The van der Waals surface area contributed by atoms with Crippen molar-refractivity contribution in [3.05, 3.63) is 59.2 Å². The Labute approximate surface area is 211 Å². The summed E-state index contributed by atoms with van der Waals surface area (Å²) >= 11 is 0. The molecular weight excluding hydrogens is 460 g/mol. The predicted octanol–water partition coefficient (Wildman–Crippen LogP) is 1.98. The average molecular weight is 497 g/mol. The number of rotatable bonds is 12. The average Bonchev–Trinajstić information content (AvgIpc) is 2.90. The minimum absolute atomic E-state index is 0.123. The van der Waals surface area contributed by atoms with E-state index in [0.717, 1.165) is 17.5 Å². The second kappa shape index (κ2) is 13.5. The van der Waals surface area contributed by atoms with Gasteiger partial charge < -0.3 is 30.4 Å². The largest absolute Gasteiger partial charge is 0.493 e. The smallest absolute Gasteiger partial charge is 0.169 e. The van der Waals surface area contributed by atoms with Crippen molar-refractivity contribution in [1.29, 1.82) is 0 Å². The second-order valence-electron chi connectivity index (χ2n) is 8.44. The molecule has 2 aromatic rings. The van der Waals surface area contributed by atoms with Crippen LogP contribution < -0.4 is 30.4 Å². The van der Waals surface area contributed by atoms with Crippen LogP contribution in [0.3, 0.4) is 0 Å². The predicted molar refractivity (Wildman–Crippen MR) is 137 cm³/mol. The molecule has 3 rings (SSSR count). The topological polar surface area (TPSA) is 126 Å². The maximum absolute atomic E-state index is 13.2. The fourth-order valence-electron chi connectivity index (χ4n) is 4.05. The first kappa shape index (κ1) is 27.0. The van der Waals surface area contributed by atoms with Crippen LogP contribution in [-0.4, -0.2) is 52.1 Å². The lowest BCUT2D eigenvalue weighted by Crippen LogP contribution is -2.52. The van der Waals surface area contributed by atoms with Crippen LogP contribution in [-0.2, 0) is 9.59 Å². The molecule has 0 aliphatic heterocycles. The fourth-order valence-corrected chi connectivity index (χ4v) is 4.05. The number of allylic oxidation sites excluding steroid dienone is 2. The minimum Gasteiger partial charge on any atom is -0.493 e. The molecule has 0 heterocycles. The molecule has 8 nitrogen and oxygen atoms in total. The van der Waals surface area contributed by atoms with Crippen molar-refractivity contribution in [2.75, 3.05) is 40.5 Å². The zero-order valence-corrected chi connectivity index (χ0v) is 21.1. The van der Waals surface area contributed by atoms with Crippen molar-refractivity contribution >= 4 is 23.7 Å². The summed E-state index contributed by atoms with van der Waals surface area (Å²) in [4.78, 5) is 26.1. The summed E-state index contributed by atoms with van der Waals surface area (Å²) in [6, 6.07) is 11.0. The van der Waals surface area contributed by atoms with Gasteiger partial charge in [0, 0.05) is 0 Å². The summed E-state index contributed by atoms with van der Waals surface area (Å²) < 4.78 is 22.1. The van der Waals surface area contributed by atoms with Crippen LogP contribution in [0, 0.1) is 5.92 Å². The Kier molecular flexibility index (Phi) is 10.1. The van der Waals surface area contributed by atoms with Crippen LogP contribution in [0.5, 0.6) is 23.0 Å². The molecular formula is C28H36N2O6+2. The molecule has 192 valence electrons. The van der Waals surface area contributed by atoms with Gasteiger partial charge in [0.1, 0.15) is 26.3 Å². The molecule has 1 atom stereocenters. The molecule has 1 aliphatic carbocycles. The summed E-state index contributed by atoms with van der Waals surface area (Å²) in [5.74, 6) is 1.43. The monoisotopic (exact) mass is 496 g/mol. The molecule has 1 aliphatic rings. The molecule has 0 radical (unpaired) electrons. The number of benzene rings is 2.